The van der Waals surface area contributed by atoms with Crippen LogP contribution in [0.1, 0.15) is 37.2 Å². The Kier molecular flexibility index (Phi) is 3.78. The Bertz CT molecular complexity index is 504. The van der Waals surface area contributed by atoms with Gasteiger partial charge in [0.15, 0.2) is 0 Å². The van der Waals surface area contributed by atoms with Crippen LogP contribution in [0, 0.1) is 6.92 Å². The number of likely N-dealkylation sites (tertiary alicyclic amines) is 1. The molecule has 1 saturated heterocycles. The average Bonchev–Trinajstić information content (AvgIpc) is 2.79. The first-order valence-corrected chi connectivity index (χ1v) is 6.22. The molecule has 0 aromatic carbocycles. The van der Waals surface area contributed by atoms with Gasteiger partial charge in [0.25, 0.3) is 0 Å². The van der Waals surface area contributed by atoms with Gasteiger partial charge in [-0.1, -0.05) is 0 Å². The summed E-state index contributed by atoms with van der Waals surface area (Å²) in [5, 5.41) is 0. The summed E-state index contributed by atoms with van der Waals surface area (Å²) in [5.41, 5.74) is 1.48. The number of carbonyl (C=O) groups is 2. The molecule has 102 valence electrons. The zero-order valence-corrected chi connectivity index (χ0v) is 11.3. The van der Waals surface area contributed by atoms with E-state index in [1.165, 1.54) is 7.11 Å². The van der Waals surface area contributed by atoms with Crippen molar-refractivity contribution in [2.75, 3.05) is 7.11 Å². The fourth-order valence-corrected chi connectivity index (χ4v) is 2.52. The zero-order chi connectivity index (χ0) is 14.0. The SMILES string of the molecule is COC(=O)C1CCC(=O)N1C(C)c1nccnc1C. The van der Waals surface area contributed by atoms with Crippen molar-refractivity contribution in [3.05, 3.63) is 23.8 Å². The summed E-state index contributed by atoms with van der Waals surface area (Å²) in [4.78, 5) is 33.7. The highest BCUT2D eigenvalue weighted by Gasteiger charge is 2.40. The first-order chi connectivity index (χ1) is 9.06. The highest BCUT2D eigenvalue weighted by molar-refractivity contribution is 5.88. The Morgan fingerprint density at radius 1 is 1.47 bits per heavy atom. The molecule has 0 spiro atoms. The molecule has 6 nitrogen and oxygen atoms in total. The van der Waals surface area contributed by atoms with E-state index in [-0.39, 0.29) is 17.9 Å². The Morgan fingerprint density at radius 2 is 2.16 bits per heavy atom. The third-order valence-electron chi connectivity index (χ3n) is 3.46. The van der Waals surface area contributed by atoms with E-state index in [0.717, 1.165) is 5.69 Å². The summed E-state index contributed by atoms with van der Waals surface area (Å²) >= 11 is 0. The van der Waals surface area contributed by atoms with Crippen LogP contribution in [0.25, 0.3) is 0 Å². The van der Waals surface area contributed by atoms with E-state index in [2.05, 4.69) is 9.97 Å². The molecular formula is C13H17N3O3. The number of methoxy groups -OCH3 is 1. The highest BCUT2D eigenvalue weighted by Crippen LogP contribution is 2.30. The van der Waals surface area contributed by atoms with Gasteiger partial charge in [-0.15, -0.1) is 0 Å². The van der Waals surface area contributed by atoms with E-state index < -0.39 is 6.04 Å². The summed E-state index contributed by atoms with van der Waals surface area (Å²) in [6.45, 7) is 3.70. The molecule has 2 atom stereocenters. The largest absolute Gasteiger partial charge is 0.467 e. The third kappa shape index (κ3) is 2.43. The number of rotatable bonds is 3. The minimum atomic E-state index is -0.520. The van der Waals surface area contributed by atoms with Crippen molar-refractivity contribution in [2.24, 2.45) is 0 Å². The maximum absolute atomic E-state index is 12.0. The molecule has 1 amide bonds. The molecule has 0 N–H and O–H groups in total. The molecule has 2 unspecified atom stereocenters. The fraction of sp³-hybridized carbons (Fsp3) is 0.538. The number of hydrogen-bond acceptors (Lipinski definition) is 5. The van der Waals surface area contributed by atoms with Crippen molar-refractivity contribution in [3.8, 4) is 0 Å². The standard InChI is InChI=1S/C13H17N3O3/c1-8-12(15-7-6-14-8)9(2)16-10(13(18)19-3)4-5-11(16)17/h6-7,9-10H,4-5H2,1-3H3. The van der Waals surface area contributed by atoms with Gasteiger partial charge in [-0.05, 0) is 20.3 Å². The molecule has 2 rings (SSSR count). The minimum absolute atomic E-state index is 0.0482. The molecule has 6 heteroatoms. The second kappa shape index (κ2) is 5.34. The molecule has 0 aliphatic carbocycles. The molecule has 1 aromatic heterocycles. The van der Waals surface area contributed by atoms with Gasteiger partial charge < -0.3 is 9.64 Å². The second-order valence-electron chi connectivity index (χ2n) is 4.58. The number of aromatic nitrogens is 2. The number of aryl methyl sites for hydroxylation is 1. The number of esters is 1. The lowest BCUT2D eigenvalue weighted by Crippen LogP contribution is -2.41. The topological polar surface area (TPSA) is 72.4 Å². The maximum Gasteiger partial charge on any atom is 0.328 e. The fourth-order valence-electron chi connectivity index (χ4n) is 2.52. The lowest BCUT2D eigenvalue weighted by atomic mass is 10.1. The highest BCUT2D eigenvalue weighted by atomic mass is 16.5. The summed E-state index contributed by atoms with van der Waals surface area (Å²) in [6.07, 6.45) is 4.06. The first kappa shape index (κ1) is 13.5. The molecule has 1 aromatic rings. The summed E-state index contributed by atoms with van der Waals surface area (Å²) in [7, 11) is 1.33. The van der Waals surface area contributed by atoms with Gasteiger partial charge in [0.1, 0.15) is 6.04 Å². The summed E-state index contributed by atoms with van der Waals surface area (Å²) in [5.74, 6) is -0.424. The molecule has 0 saturated carbocycles. The molecule has 0 radical (unpaired) electrons. The monoisotopic (exact) mass is 263 g/mol. The van der Waals surface area contributed by atoms with Crippen molar-refractivity contribution in [2.45, 2.75) is 38.8 Å². The van der Waals surface area contributed by atoms with Crippen LogP contribution in [0.15, 0.2) is 12.4 Å². The van der Waals surface area contributed by atoms with Gasteiger partial charge in [-0.25, -0.2) is 4.79 Å². The van der Waals surface area contributed by atoms with Crippen molar-refractivity contribution in [1.29, 1.82) is 0 Å². The predicted molar refractivity (Wildman–Crippen MR) is 67.1 cm³/mol. The van der Waals surface area contributed by atoms with Crippen molar-refractivity contribution < 1.29 is 14.3 Å². The van der Waals surface area contributed by atoms with Crippen molar-refractivity contribution >= 4 is 11.9 Å². The molecule has 1 aliphatic heterocycles. The van der Waals surface area contributed by atoms with Crippen LogP contribution in [0.5, 0.6) is 0 Å². The quantitative estimate of drug-likeness (QED) is 0.761. The number of hydrogen-bond donors (Lipinski definition) is 0. The van der Waals surface area contributed by atoms with Crippen LogP contribution < -0.4 is 0 Å². The second-order valence-corrected chi connectivity index (χ2v) is 4.58. The van der Waals surface area contributed by atoms with E-state index in [0.29, 0.717) is 18.5 Å². The normalized spacial score (nSPS) is 20.5. The molecule has 0 bridgehead atoms. The lowest BCUT2D eigenvalue weighted by Gasteiger charge is -2.29. The van der Waals surface area contributed by atoms with Gasteiger partial charge in [-0.3, -0.25) is 14.8 Å². The Morgan fingerprint density at radius 3 is 2.79 bits per heavy atom. The number of amides is 1. The third-order valence-corrected chi connectivity index (χ3v) is 3.46. The number of nitrogens with zero attached hydrogens (tertiary/aromatic N) is 3. The van der Waals surface area contributed by atoms with Gasteiger partial charge >= 0.3 is 5.97 Å². The van der Waals surface area contributed by atoms with E-state index in [4.69, 9.17) is 4.74 Å². The van der Waals surface area contributed by atoms with Gasteiger partial charge in [0.05, 0.1) is 24.5 Å². The van der Waals surface area contributed by atoms with Crippen LogP contribution >= 0.6 is 0 Å². The van der Waals surface area contributed by atoms with E-state index >= 15 is 0 Å². The van der Waals surface area contributed by atoms with Gasteiger partial charge in [0, 0.05) is 18.8 Å². The summed E-state index contributed by atoms with van der Waals surface area (Å²) < 4.78 is 4.76. The minimum Gasteiger partial charge on any atom is -0.467 e. The van der Waals surface area contributed by atoms with Crippen LogP contribution in [0.4, 0.5) is 0 Å². The van der Waals surface area contributed by atoms with E-state index in [9.17, 15) is 9.59 Å². The molecular weight excluding hydrogens is 246 g/mol. The van der Waals surface area contributed by atoms with Gasteiger partial charge in [0.2, 0.25) is 5.91 Å². The van der Waals surface area contributed by atoms with Gasteiger partial charge in [-0.2, -0.15) is 0 Å². The van der Waals surface area contributed by atoms with Crippen LogP contribution in [-0.2, 0) is 14.3 Å². The lowest BCUT2D eigenvalue weighted by molar-refractivity contribution is -0.150. The average molecular weight is 263 g/mol. The molecule has 1 aliphatic rings. The summed E-state index contributed by atoms with van der Waals surface area (Å²) in [6, 6.07) is -0.804. The molecule has 19 heavy (non-hydrogen) atoms. The van der Waals surface area contributed by atoms with E-state index in [1.807, 2.05) is 13.8 Å². The van der Waals surface area contributed by atoms with Crippen LogP contribution in [0.3, 0.4) is 0 Å². The molecule has 1 fully saturated rings. The first-order valence-electron chi connectivity index (χ1n) is 6.22. The van der Waals surface area contributed by atoms with Crippen LogP contribution in [-0.4, -0.2) is 39.9 Å². The van der Waals surface area contributed by atoms with Crippen molar-refractivity contribution in [1.82, 2.24) is 14.9 Å². The smallest absolute Gasteiger partial charge is 0.328 e. The maximum atomic E-state index is 12.0. The Balaban J connectivity index is 2.30. The Hall–Kier alpha value is -1.98. The number of ether oxygens (including phenoxy) is 1. The van der Waals surface area contributed by atoms with Crippen LogP contribution in [0.2, 0.25) is 0 Å². The molecule has 2 heterocycles. The number of carbonyl (C=O) groups excluding carboxylic acids is 2. The zero-order valence-electron chi connectivity index (χ0n) is 11.3. The van der Waals surface area contributed by atoms with Crippen molar-refractivity contribution in [3.63, 3.8) is 0 Å². The Labute approximate surface area is 111 Å². The predicted octanol–water partition coefficient (Wildman–Crippen LogP) is 1.01. The van der Waals surface area contributed by atoms with E-state index in [1.54, 1.807) is 17.3 Å².